The van der Waals surface area contributed by atoms with Gasteiger partial charge >= 0.3 is 0 Å². The molecule has 0 spiro atoms. The number of hydrogen-bond acceptors (Lipinski definition) is 5. The molecule has 0 amide bonds. The predicted octanol–water partition coefficient (Wildman–Crippen LogP) is 4.70. The predicted molar refractivity (Wildman–Crippen MR) is 128 cm³/mol. The summed E-state index contributed by atoms with van der Waals surface area (Å²) in [6.07, 6.45) is 1.82. The van der Waals surface area contributed by atoms with E-state index in [1.807, 2.05) is 6.07 Å². The molecule has 2 aliphatic rings. The number of likely N-dealkylation sites (tertiary alicyclic amines) is 1. The van der Waals surface area contributed by atoms with Crippen LogP contribution in [-0.2, 0) is 10.0 Å². The number of nitrogens with zero attached hydrogens (tertiary/aromatic N) is 1. The molecule has 2 heterocycles. The van der Waals surface area contributed by atoms with E-state index < -0.39 is 10.0 Å². The van der Waals surface area contributed by atoms with Gasteiger partial charge in [0.15, 0.2) is 11.5 Å². The molecule has 0 aliphatic carbocycles. The highest BCUT2D eigenvalue weighted by atomic mass is 79.9. The fourth-order valence-electron chi connectivity index (χ4n) is 3.80. The minimum Gasteiger partial charge on any atom is -0.486 e. The van der Waals surface area contributed by atoms with Gasteiger partial charge in [0.25, 0.3) is 0 Å². The molecule has 1 atom stereocenters. The molecule has 0 bridgehead atoms. The zero-order valence-electron chi connectivity index (χ0n) is 16.7. The Hall–Kier alpha value is -0.840. The van der Waals surface area contributed by atoms with Gasteiger partial charge < -0.3 is 9.47 Å². The Kier molecular flexibility index (Phi) is 7.50. The van der Waals surface area contributed by atoms with Gasteiger partial charge in [0.1, 0.15) is 12.7 Å². The lowest BCUT2D eigenvalue weighted by Crippen LogP contribution is -2.45. The highest BCUT2D eigenvalue weighted by molar-refractivity contribution is 9.13. The van der Waals surface area contributed by atoms with Crippen LogP contribution in [0.4, 0.5) is 0 Å². The zero-order valence-corrected chi connectivity index (χ0v) is 21.4. The Morgan fingerprint density at radius 2 is 1.84 bits per heavy atom. The molecule has 2 aromatic rings. The molecular weight excluding hydrogens is 572 g/mol. The zero-order chi connectivity index (χ0) is 22.0. The first-order valence-electron chi connectivity index (χ1n) is 10.1. The van der Waals surface area contributed by atoms with E-state index in [1.54, 1.807) is 30.3 Å². The van der Waals surface area contributed by atoms with E-state index in [0.29, 0.717) is 34.3 Å². The quantitative estimate of drug-likeness (QED) is 0.526. The van der Waals surface area contributed by atoms with Crippen molar-refractivity contribution in [3.05, 3.63) is 50.4 Å². The lowest BCUT2D eigenvalue weighted by atomic mass is 9.97. The van der Waals surface area contributed by atoms with Gasteiger partial charge in [-0.05, 0) is 94.0 Å². The smallest absolute Gasteiger partial charge is 0.240 e. The third-order valence-electron chi connectivity index (χ3n) is 5.56. The number of halogens is 3. The molecule has 6 nitrogen and oxygen atoms in total. The van der Waals surface area contributed by atoms with E-state index in [1.165, 1.54) is 0 Å². The Labute approximate surface area is 204 Å². The molecule has 1 saturated heterocycles. The molecular formula is C21H23Br2ClN2O4S. The Morgan fingerprint density at radius 1 is 1.06 bits per heavy atom. The van der Waals surface area contributed by atoms with E-state index in [4.69, 9.17) is 21.1 Å². The summed E-state index contributed by atoms with van der Waals surface area (Å²) in [6, 6.07) is 10.3. The number of piperidine rings is 1. The number of rotatable bonds is 6. The van der Waals surface area contributed by atoms with Crippen LogP contribution in [0.1, 0.15) is 12.8 Å². The second kappa shape index (κ2) is 9.97. The molecule has 4 rings (SSSR count). The molecule has 31 heavy (non-hydrogen) atoms. The summed E-state index contributed by atoms with van der Waals surface area (Å²) in [5, 5.41) is 0.627. The van der Waals surface area contributed by atoms with E-state index >= 15 is 0 Å². The summed E-state index contributed by atoms with van der Waals surface area (Å²) in [4.78, 5) is 2.61. The average molecular weight is 595 g/mol. The van der Waals surface area contributed by atoms with Crippen molar-refractivity contribution in [3.63, 3.8) is 0 Å². The van der Waals surface area contributed by atoms with Gasteiger partial charge in [-0.25, -0.2) is 13.1 Å². The molecule has 2 aromatic carbocycles. The fourth-order valence-corrected chi connectivity index (χ4v) is 5.88. The van der Waals surface area contributed by atoms with Crippen molar-refractivity contribution < 1.29 is 17.9 Å². The number of benzene rings is 2. The molecule has 0 radical (unpaired) electrons. The first-order chi connectivity index (χ1) is 14.8. The van der Waals surface area contributed by atoms with Crippen molar-refractivity contribution in [1.82, 2.24) is 9.62 Å². The maximum Gasteiger partial charge on any atom is 0.240 e. The molecule has 1 fully saturated rings. The van der Waals surface area contributed by atoms with Crippen molar-refractivity contribution in [2.45, 2.75) is 23.8 Å². The normalized spacial score (nSPS) is 20.0. The van der Waals surface area contributed by atoms with E-state index in [-0.39, 0.29) is 11.0 Å². The number of nitrogens with one attached hydrogen (secondary N) is 1. The van der Waals surface area contributed by atoms with Crippen molar-refractivity contribution >= 4 is 53.5 Å². The highest BCUT2D eigenvalue weighted by Gasteiger charge is 2.27. The van der Waals surface area contributed by atoms with Crippen LogP contribution in [-0.4, -0.2) is 52.2 Å². The maximum absolute atomic E-state index is 12.6. The van der Waals surface area contributed by atoms with Gasteiger partial charge in [0, 0.05) is 33.1 Å². The molecule has 1 N–H and O–H groups in total. The van der Waals surface area contributed by atoms with Gasteiger partial charge in [-0.15, -0.1) is 0 Å². The third kappa shape index (κ3) is 5.94. The van der Waals surface area contributed by atoms with Crippen LogP contribution < -0.4 is 14.2 Å². The lowest BCUT2D eigenvalue weighted by molar-refractivity contribution is 0.0481. The van der Waals surface area contributed by atoms with Crippen molar-refractivity contribution in [2.24, 2.45) is 5.92 Å². The fraction of sp³-hybridized carbons (Fsp3) is 0.429. The Balaban J connectivity index is 1.24. The second-order valence-electron chi connectivity index (χ2n) is 7.81. The summed E-state index contributed by atoms with van der Waals surface area (Å²) < 4.78 is 41.3. The van der Waals surface area contributed by atoms with Crippen LogP contribution in [0.2, 0.25) is 5.02 Å². The van der Waals surface area contributed by atoms with E-state index in [0.717, 1.165) is 42.7 Å². The van der Waals surface area contributed by atoms with Crippen LogP contribution >= 0.6 is 43.5 Å². The van der Waals surface area contributed by atoms with Crippen LogP contribution in [0.15, 0.2) is 50.2 Å². The summed E-state index contributed by atoms with van der Waals surface area (Å²) in [5.41, 5.74) is 0. The second-order valence-corrected chi connectivity index (χ2v) is 11.7. The van der Waals surface area contributed by atoms with Gasteiger partial charge in [0.05, 0.1) is 4.90 Å². The van der Waals surface area contributed by atoms with Crippen molar-refractivity contribution in [2.75, 3.05) is 32.8 Å². The number of sulfonamides is 1. The Bertz CT molecular complexity index is 1050. The van der Waals surface area contributed by atoms with Crippen LogP contribution in [0.25, 0.3) is 0 Å². The standard InChI is InChI=1S/C21H23Br2ClN2O4S/c22-18-3-2-17(10-19(18)23)31(27,28)25-11-14-5-7-26(8-6-14)12-16-13-29-20-4-1-15(24)9-21(20)30-16/h1-4,9-10,14,16,25H,5-8,11-13H2. The summed E-state index contributed by atoms with van der Waals surface area (Å²) in [7, 11) is -3.53. The molecule has 1 unspecified atom stereocenters. The van der Waals surface area contributed by atoms with E-state index in [2.05, 4.69) is 41.5 Å². The third-order valence-corrected chi connectivity index (χ3v) is 9.09. The monoisotopic (exact) mass is 592 g/mol. The number of fused-ring (bicyclic) bond motifs is 1. The minimum atomic E-state index is -3.53. The number of ether oxygens (including phenoxy) is 2. The van der Waals surface area contributed by atoms with Crippen LogP contribution in [0, 0.1) is 5.92 Å². The van der Waals surface area contributed by atoms with Gasteiger partial charge in [-0.1, -0.05) is 11.6 Å². The molecule has 0 saturated carbocycles. The summed E-state index contributed by atoms with van der Waals surface area (Å²) in [5.74, 6) is 1.73. The summed E-state index contributed by atoms with van der Waals surface area (Å²) in [6.45, 7) is 3.53. The van der Waals surface area contributed by atoms with Crippen LogP contribution in [0.3, 0.4) is 0 Å². The van der Waals surface area contributed by atoms with Gasteiger partial charge in [-0.3, -0.25) is 4.90 Å². The largest absolute Gasteiger partial charge is 0.486 e. The summed E-state index contributed by atoms with van der Waals surface area (Å²) >= 11 is 12.8. The molecule has 2 aliphatic heterocycles. The first kappa shape index (κ1) is 23.3. The van der Waals surface area contributed by atoms with Crippen molar-refractivity contribution in [1.29, 1.82) is 0 Å². The van der Waals surface area contributed by atoms with Crippen LogP contribution in [0.5, 0.6) is 11.5 Å². The molecule has 0 aromatic heterocycles. The lowest BCUT2D eigenvalue weighted by Gasteiger charge is -2.35. The highest BCUT2D eigenvalue weighted by Crippen LogP contribution is 2.34. The average Bonchev–Trinajstić information content (AvgIpc) is 2.75. The van der Waals surface area contributed by atoms with Gasteiger partial charge in [0.2, 0.25) is 10.0 Å². The van der Waals surface area contributed by atoms with E-state index in [9.17, 15) is 8.42 Å². The molecule has 168 valence electrons. The SMILES string of the molecule is O=S(=O)(NCC1CCN(CC2COc3ccc(Cl)cc3O2)CC1)c1ccc(Br)c(Br)c1. The Morgan fingerprint density at radius 3 is 2.58 bits per heavy atom. The first-order valence-corrected chi connectivity index (χ1v) is 13.5. The topological polar surface area (TPSA) is 67.9 Å². The van der Waals surface area contributed by atoms with Crippen molar-refractivity contribution in [3.8, 4) is 11.5 Å². The van der Waals surface area contributed by atoms with Gasteiger partial charge in [-0.2, -0.15) is 0 Å². The molecule has 10 heteroatoms. The minimum absolute atomic E-state index is 0.0446. The maximum atomic E-state index is 12.6. The number of hydrogen-bond donors (Lipinski definition) is 1.